The molecule has 0 heterocycles. The number of likely N-dealkylation sites (N-methyl/N-ethyl adjacent to an activating group) is 1. The van der Waals surface area contributed by atoms with Crippen molar-refractivity contribution in [3.8, 4) is 0 Å². The molecule has 2 aromatic rings. The summed E-state index contributed by atoms with van der Waals surface area (Å²) in [5.41, 5.74) is 1.14. The van der Waals surface area contributed by atoms with E-state index in [0.29, 0.717) is 18.8 Å². The molecule has 0 unspecified atom stereocenters. The number of nitrogens with one attached hydrogen (secondary N) is 3. The average Bonchev–Trinajstić information content (AvgIpc) is 2.61. The molecule has 0 saturated carbocycles. The van der Waals surface area contributed by atoms with Crippen molar-refractivity contribution in [1.82, 2.24) is 10.6 Å². The lowest BCUT2D eigenvalue weighted by molar-refractivity contribution is -0.120. The summed E-state index contributed by atoms with van der Waals surface area (Å²) in [6.45, 7) is 4.12. The van der Waals surface area contributed by atoms with Gasteiger partial charge in [-0.25, -0.2) is 12.8 Å². The fourth-order valence-corrected chi connectivity index (χ4v) is 3.29. The van der Waals surface area contributed by atoms with Gasteiger partial charge in [0.15, 0.2) is 0 Å². The minimum absolute atomic E-state index is 0. The van der Waals surface area contributed by atoms with Crippen molar-refractivity contribution in [2.24, 2.45) is 0 Å². The van der Waals surface area contributed by atoms with Crippen LogP contribution in [0.25, 0.3) is 0 Å². The van der Waals surface area contributed by atoms with Gasteiger partial charge >= 0.3 is 0 Å². The van der Waals surface area contributed by atoms with E-state index in [-0.39, 0.29) is 29.6 Å². The number of rotatable bonds is 9. The van der Waals surface area contributed by atoms with Gasteiger partial charge in [0.2, 0.25) is 5.91 Å². The van der Waals surface area contributed by atoms with Crippen LogP contribution in [0.3, 0.4) is 0 Å². The van der Waals surface area contributed by atoms with Gasteiger partial charge in [0, 0.05) is 18.8 Å². The number of hydrogen-bond donors (Lipinski definition) is 3. The molecule has 0 aliphatic carbocycles. The number of anilines is 1. The molecule has 148 valence electrons. The van der Waals surface area contributed by atoms with E-state index in [1.807, 2.05) is 6.92 Å². The first-order chi connectivity index (χ1) is 12.4. The second-order valence-electron chi connectivity index (χ2n) is 5.64. The Balaban J connectivity index is 0.00000364. The molecule has 2 rings (SSSR count). The Hall–Kier alpha value is -2.16. The lowest BCUT2D eigenvalue weighted by Gasteiger charge is -2.09. The van der Waals surface area contributed by atoms with Gasteiger partial charge in [-0.2, -0.15) is 0 Å². The summed E-state index contributed by atoms with van der Waals surface area (Å²) in [6, 6.07) is 11.1. The molecule has 0 bridgehead atoms. The molecule has 0 radical (unpaired) electrons. The van der Waals surface area contributed by atoms with Crippen LogP contribution in [0.5, 0.6) is 0 Å². The standard InChI is InChI=1S/C18H22FN3O3S.ClH/c1-2-20-11-12-21-18(23)13-14-3-7-16(8-4-14)22-26(24,25)17-9-5-15(19)6-10-17;/h3-10,20,22H,2,11-13H2,1H3,(H,21,23);1H. The number of benzene rings is 2. The number of sulfonamides is 1. The molecule has 0 aliphatic heterocycles. The summed E-state index contributed by atoms with van der Waals surface area (Å²) in [6.07, 6.45) is 0.219. The van der Waals surface area contributed by atoms with Crippen molar-refractivity contribution in [1.29, 1.82) is 0 Å². The van der Waals surface area contributed by atoms with Crippen molar-refractivity contribution in [2.75, 3.05) is 24.4 Å². The van der Waals surface area contributed by atoms with Crippen LogP contribution in [0.1, 0.15) is 12.5 Å². The van der Waals surface area contributed by atoms with Gasteiger partial charge in [-0.1, -0.05) is 19.1 Å². The van der Waals surface area contributed by atoms with Gasteiger partial charge < -0.3 is 10.6 Å². The third kappa shape index (κ3) is 7.54. The van der Waals surface area contributed by atoms with Crippen molar-refractivity contribution >= 4 is 34.0 Å². The summed E-state index contributed by atoms with van der Waals surface area (Å²) in [5, 5.41) is 5.91. The quantitative estimate of drug-likeness (QED) is 0.548. The zero-order valence-electron chi connectivity index (χ0n) is 14.9. The second-order valence-corrected chi connectivity index (χ2v) is 7.32. The van der Waals surface area contributed by atoms with Crippen molar-refractivity contribution in [3.63, 3.8) is 0 Å². The highest BCUT2D eigenvalue weighted by Crippen LogP contribution is 2.17. The zero-order valence-corrected chi connectivity index (χ0v) is 16.5. The Labute approximate surface area is 165 Å². The van der Waals surface area contributed by atoms with Crippen LogP contribution in [0, 0.1) is 5.82 Å². The highest BCUT2D eigenvalue weighted by atomic mass is 35.5. The van der Waals surface area contributed by atoms with Gasteiger partial charge in [-0.15, -0.1) is 12.4 Å². The molecule has 0 atom stereocenters. The normalized spacial score (nSPS) is 10.7. The molecule has 0 fully saturated rings. The molecule has 0 spiro atoms. The summed E-state index contributed by atoms with van der Waals surface area (Å²) >= 11 is 0. The Morgan fingerprint density at radius 2 is 1.63 bits per heavy atom. The van der Waals surface area contributed by atoms with Gasteiger partial charge in [0.05, 0.1) is 11.3 Å². The van der Waals surface area contributed by atoms with E-state index in [1.165, 1.54) is 12.1 Å². The molecular weight excluding hydrogens is 393 g/mol. The molecule has 1 amide bonds. The maximum atomic E-state index is 12.9. The van der Waals surface area contributed by atoms with Crippen molar-refractivity contribution in [2.45, 2.75) is 18.2 Å². The van der Waals surface area contributed by atoms with E-state index in [0.717, 1.165) is 24.2 Å². The predicted octanol–water partition coefficient (Wildman–Crippen LogP) is 2.32. The summed E-state index contributed by atoms with van der Waals surface area (Å²) in [5.74, 6) is -0.598. The van der Waals surface area contributed by atoms with Crippen LogP contribution in [0.15, 0.2) is 53.4 Å². The van der Waals surface area contributed by atoms with E-state index in [9.17, 15) is 17.6 Å². The average molecular weight is 416 g/mol. The Kier molecular flexibility index (Phi) is 9.20. The van der Waals surface area contributed by atoms with Crippen LogP contribution in [0.4, 0.5) is 10.1 Å². The second kappa shape index (κ2) is 10.9. The first kappa shape index (κ1) is 22.9. The van der Waals surface area contributed by atoms with Crippen LogP contribution in [0.2, 0.25) is 0 Å². The third-order valence-corrected chi connectivity index (χ3v) is 4.97. The molecule has 9 heteroatoms. The van der Waals surface area contributed by atoms with Crippen LogP contribution in [-0.4, -0.2) is 34.0 Å². The highest BCUT2D eigenvalue weighted by molar-refractivity contribution is 7.92. The summed E-state index contributed by atoms with van der Waals surface area (Å²) < 4.78 is 39.8. The largest absolute Gasteiger partial charge is 0.355 e. The SMILES string of the molecule is CCNCCNC(=O)Cc1ccc(NS(=O)(=O)c2ccc(F)cc2)cc1.Cl. The molecule has 2 aromatic carbocycles. The van der Waals surface area contributed by atoms with Crippen LogP contribution >= 0.6 is 12.4 Å². The van der Waals surface area contributed by atoms with Crippen molar-refractivity contribution < 1.29 is 17.6 Å². The first-order valence-electron chi connectivity index (χ1n) is 8.25. The maximum absolute atomic E-state index is 12.9. The summed E-state index contributed by atoms with van der Waals surface area (Å²) in [7, 11) is -3.79. The maximum Gasteiger partial charge on any atom is 0.261 e. The number of halogens is 2. The lowest BCUT2D eigenvalue weighted by Crippen LogP contribution is -2.32. The Morgan fingerprint density at radius 3 is 2.22 bits per heavy atom. The minimum Gasteiger partial charge on any atom is -0.355 e. The highest BCUT2D eigenvalue weighted by Gasteiger charge is 2.14. The minimum atomic E-state index is -3.79. The summed E-state index contributed by atoms with van der Waals surface area (Å²) in [4.78, 5) is 11.8. The van der Waals surface area contributed by atoms with E-state index >= 15 is 0 Å². The predicted molar refractivity (Wildman–Crippen MR) is 106 cm³/mol. The number of hydrogen-bond acceptors (Lipinski definition) is 4. The topological polar surface area (TPSA) is 87.3 Å². The molecule has 3 N–H and O–H groups in total. The fraction of sp³-hybridized carbons (Fsp3) is 0.278. The number of carbonyl (C=O) groups is 1. The molecule has 0 aliphatic rings. The lowest BCUT2D eigenvalue weighted by atomic mass is 10.1. The van der Waals surface area contributed by atoms with Crippen LogP contribution in [-0.2, 0) is 21.2 Å². The van der Waals surface area contributed by atoms with E-state index in [4.69, 9.17) is 0 Å². The molecule has 6 nitrogen and oxygen atoms in total. The molecule has 0 saturated heterocycles. The molecular formula is C18H23ClFN3O3S. The monoisotopic (exact) mass is 415 g/mol. The molecule has 27 heavy (non-hydrogen) atoms. The van der Waals surface area contributed by atoms with Gasteiger partial charge in [0.1, 0.15) is 5.82 Å². The number of amides is 1. The first-order valence-corrected chi connectivity index (χ1v) is 9.74. The fourth-order valence-electron chi connectivity index (χ4n) is 2.23. The Morgan fingerprint density at radius 1 is 1.00 bits per heavy atom. The Bertz CT molecular complexity index is 828. The van der Waals surface area contributed by atoms with Crippen molar-refractivity contribution in [3.05, 3.63) is 59.9 Å². The number of carbonyl (C=O) groups excluding carboxylic acids is 1. The van der Waals surface area contributed by atoms with E-state index in [1.54, 1.807) is 24.3 Å². The van der Waals surface area contributed by atoms with Gasteiger partial charge in [0.25, 0.3) is 10.0 Å². The van der Waals surface area contributed by atoms with E-state index in [2.05, 4.69) is 15.4 Å². The zero-order chi connectivity index (χ0) is 19.0. The molecule has 0 aromatic heterocycles. The van der Waals surface area contributed by atoms with Crippen LogP contribution < -0.4 is 15.4 Å². The van der Waals surface area contributed by atoms with E-state index < -0.39 is 15.8 Å². The van der Waals surface area contributed by atoms with Gasteiger partial charge in [-0.3, -0.25) is 9.52 Å². The third-order valence-electron chi connectivity index (χ3n) is 3.57. The smallest absolute Gasteiger partial charge is 0.261 e. The van der Waals surface area contributed by atoms with Gasteiger partial charge in [-0.05, 0) is 48.5 Å².